The highest BCUT2D eigenvalue weighted by Crippen LogP contribution is 2.20. The summed E-state index contributed by atoms with van der Waals surface area (Å²) in [5.41, 5.74) is 4.97. The molecule has 88 valence electrons. The summed E-state index contributed by atoms with van der Waals surface area (Å²) in [5.74, 6) is -1.20. The van der Waals surface area contributed by atoms with Gasteiger partial charge in [0.25, 0.3) is 0 Å². The highest BCUT2D eigenvalue weighted by Gasteiger charge is 2.14. The third kappa shape index (κ3) is 4.03. The Bertz CT molecular complexity index is 519. The van der Waals surface area contributed by atoms with Crippen LogP contribution in [0.15, 0.2) is 22.7 Å². The summed E-state index contributed by atoms with van der Waals surface area (Å²) in [6, 6.07) is 3.97. The maximum absolute atomic E-state index is 13.3. The van der Waals surface area contributed by atoms with Crippen LogP contribution in [0.3, 0.4) is 0 Å². The molecule has 0 bridgehead atoms. The third-order valence-electron chi connectivity index (χ3n) is 1.53. The molecule has 3 N–H and O–H groups in total. The number of sulfonamides is 1. The lowest BCUT2D eigenvalue weighted by atomic mass is 10.3. The van der Waals surface area contributed by atoms with Gasteiger partial charge in [-0.25, -0.2) is 12.8 Å². The molecule has 0 radical (unpaired) electrons. The Morgan fingerprint density at radius 1 is 1.56 bits per heavy atom. The molecular weight excluding hydrogens is 319 g/mol. The largest absolute Gasteiger partial charge is 0.392 e. The Hall–Kier alpha value is -0.730. The number of nitrogens with one attached hydrogen (secondary N) is 1. The topological polar surface area (TPSA) is 72.2 Å². The second kappa shape index (κ2) is 5.07. The Morgan fingerprint density at radius 2 is 2.19 bits per heavy atom. The standard InChI is InChI=1S/C8H8BrFN2O2S2/c9-5-1-2-7(6(10)3-5)12-16(13,14)4-8(11)15/h1-3,12H,4H2,(H2,11,15). The van der Waals surface area contributed by atoms with Gasteiger partial charge in [-0.15, -0.1) is 0 Å². The highest BCUT2D eigenvalue weighted by molar-refractivity contribution is 9.10. The molecule has 4 nitrogen and oxygen atoms in total. The van der Waals surface area contributed by atoms with Gasteiger partial charge in [-0.1, -0.05) is 28.1 Å². The Morgan fingerprint density at radius 3 is 2.69 bits per heavy atom. The highest BCUT2D eigenvalue weighted by atomic mass is 79.9. The second-order valence-electron chi connectivity index (χ2n) is 2.95. The zero-order chi connectivity index (χ0) is 12.3. The number of anilines is 1. The van der Waals surface area contributed by atoms with E-state index in [0.717, 1.165) is 6.07 Å². The van der Waals surface area contributed by atoms with Crippen LogP contribution in [0.1, 0.15) is 0 Å². The Balaban J connectivity index is 2.92. The first-order valence-corrected chi connectivity index (χ1v) is 6.89. The van der Waals surface area contributed by atoms with Crippen LogP contribution in [0.25, 0.3) is 0 Å². The van der Waals surface area contributed by atoms with Gasteiger partial charge in [0.05, 0.1) is 10.7 Å². The van der Waals surface area contributed by atoms with Crippen LogP contribution < -0.4 is 10.5 Å². The number of rotatable bonds is 4. The van der Waals surface area contributed by atoms with Gasteiger partial charge in [-0.05, 0) is 18.2 Å². The van der Waals surface area contributed by atoms with E-state index in [-0.39, 0.29) is 10.7 Å². The molecule has 0 unspecified atom stereocenters. The van der Waals surface area contributed by atoms with Gasteiger partial charge < -0.3 is 5.73 Å². The summed E-state index contributed by atoms with van der Waals surface area (Å²) in [7, 11) is -3.74. The molecule has 1 aromatic carbocycles. The van der Waals surface area contributed by atoms with E-state index in [1.54, 1.807) is 0 Å². The van der Waals surface area contributed by atoms with Crippen molar-refractivity contribution >= 4 is 48.8 Å². The lowest BCUT2D eigenvalue weighted by Crippen LogP contribution is -2.26. The van der Waals surface area contributed by atoms with E-state index in [1.165, 1.54) is 12.1 Å². The van der Waals surface area contributed by atoms with Crippen molar-refractivity contribution in [2.45, 2.75) is 0 Å². The van der Waals surface area contributed by atoms with E-state index in [0.29, 0.717) is 4.47 Å². The van der Waals surface area contributed by atoms with Crippen LogP contribution in [0.4, 0.5) is 10.1 Å². The van der Waals surface area contributed by atoms with Crippen molar-refractivity contribution in [2.24, 2.45) is 5.73 Å². The molecule has 1 aromatic rings. The number of thiocarbonyl (C=S) groups is 1. The van der Waals surface area contributed by atoms with Crippen molar-refractivity contribution in [1.82, 2.24) is 0 Å². The van der Waals surface area contributed by atoms with Gasteiger partial charge in [0.2, 0.25) is 10.0 Å². The fraction of sp³-hybridized carbons (Fsp3) is 0.125. The average molecular weight is 327 g/mol. The van der Waals surface area contributed by atoms with E-state index >= 15 is 0 Å². The smallest absolute Gasteiger partial charge is 0.239 e. The molecule has 0 spiro atoms. The molecular formula is C8H8BrFN2O2S2. The van der Waals surface area contributed by atoms with Crippen LogP contribution in [0.2, 0.25) is 0 Å². The predicted molar refractivity (Wildman–Crippen MR) is 68.3 cm³/mol. The lowest BCUT2D eigenvalue weighted by Gasteiger charge is -2.08. The molecule has 0 atom stereocenters. The quantitative estimate of drug-likeness (QED) is 0.825. The van der Waals surface area contributed by atoms with Gasteiger partial charge in [0.15, 0.2) is 0 Å². The van der Waals surface area contributed by atoms with Crippen LogP contribution in [-0.4, -0.2) is 19.2 Å². The zero-order valence-electron chi connectivity index (χ0n) is 7.91. The van der Waals surface area contributed by atoms with Crippen molar-refractivity contribution in [3.63, 3.8) is 0 Å². The van der Waals surface area contributed by atoms with Crippen LogP contribution in [0, 0.1) is 5.82 Å². The van der Waals surface area contributed by atoms with Crippen LogP contribution >= 0.6 is 28.1 Å². The van der Waals surface area contributed by atoms with E-state index < -0.39 is 21.6 Å². The van der Waals surface area contributed by atoms with Gasteiger partial charge in [0.1, 0.15) is 11.6 Å². The van der Waals surface area contributed by atoms with Gasteiger partial charge in [-0.3, -0.25) is 4.72 Å². The molecule has 0 saturated carbocycles. The normalized spacial score (nSPS) is 11.1. The number of hydrogen-bond donors (Lipinski definition) is 2. The second-order valence-corrected chi connectivity index (χ2v) is 6.11. The zero-order valence-corrected chi connectivity index (χ0v) is 11.1. The number of nitrogens with two attached hydrogens (primary N) is 1. The summed E-state index contributed by atoms with van der Waals surface area (Å²) in [6.07, 6.45) is 0. The number of benzene rings is 1. The summed E-state index contributed by atoms with van der Waals surface area (Å²) < 4.78 is 38.6. The minimum atomic E-state index is -3.74. The summed E-state index contributed by atoms with van der Waals surface area (Å²) in [6.45, 7) is 0. The monoisotopic (exact) mass is 326 g/mol. The fourth-order valence-electron chi connectivity index (χ4n) is 0.963. The molecule has 0 heterocycles. The maximum atomic E-state index is 13.3. The average Bonchev–Trinajstić information content (AvgIpc) is 2.07. The van der Waals surface area contributed by atoms with E-state index in [2.05, 4.69) is 32.9 Å². The maximum Gasteiger partial charge on any atom is 0.239 e. The first-order valence-electron chi connectivity index (χ1n) is 4.04. The molecule has 8 heteroatoms. The molecule has 0 aliphatic rings. The lowest BCUT2D eigenvalue weighted by molar-refractivity contribution is 0.602. The Kier molecular flexibility index (Phi) is 4.22. The summed E-state index contributed by atoms with van der Waals surface area (Å²) >= 11 is 7.53. The first kappa shape index (κ1) is 13.3. The number of halogens is 2. The summed E-state index contributed by atoms with van der Waals surface area (Å²) in [5, 5.41) is 0. The molecule has 0 aliphatic heterocycles. The Labute approximate surface area is 106 Å². The van der Waals surface area contributed by atoms with Crippen LogP contribution in [-0.2, 0) is 10.0 Å². The van der Waals surface area contributed by atoms with Crippen molar-refractivity contribution in [3.05, 3.63) is 28.5 Å². The molecule has 0 aromatic heterocycles. The molecule has 0 fully saturated rings. The van der Waals surface area contributed by atoms with E-state index in [9.17, 15) is 12.8 Å². The van der Waals surface area contributed by atoms with Crippen molar-refractivity contribution in [3.8, 4) is 0 Å². The minimum absolute atomic E-state index is 0.139. The molecule has 0 aliphatic carbocycles. The van der Waals surface area contributed by atoms with Crippen LogP contribution in [0.5, 0.6) is 0 Å². The minimum Gasteiger partial charge on any atom is -0.392 e. The van der Waals surface area contributed by atoms with E-state index in [4.69, 9.17) is 5.73 Å². The SMILES string of the molecule is NC(=S)CS(=O)(=O)Nc1ccc(Br)cc1F. The van der Waals surface area contributed by atoms with Gasteiger partial charge >= 0.3 is 0 Å². The van der Waals surface area contributed by atoms with Crippen molar-refractivity contribution in [1.29, 1.82) is 0 Å². The first-order chi connectivity index (χ1) is 7.30. The number of hydrogen-bond acceptors (Lipinski definition) is 3. The summed E-state index contributed by atoms with van der Waals surface area (Å²) in [4.78, 5) is -0.176. The predicted octanol–water partition coefficient (Wildman–Crippen LogP) is 1.62. The molecule has 0 saturated heterocycles. The third-order valence-corrected chi connectivity index (χ3v) is 3.57. The van der Waals surface area contributed by atoms with Crippen molar-refractivity contribution in [2.75, 3.05) is 10.5 Å². The fourth-order valence-corrected chi connectivity index (χ4v) is 2.71. The molecule has 1 rings (SSSR count). The van der Waals surface area contributed by atoms with E-state index in [1.807, 2.05) is 0 Å². The van der Waals surface area contributed by atoms with Gasteiger partial charge in [0, 0.05) is 4.47 Å². The molecule has 0 amide bonds. The van der Waals surface area contributed by atoms with Crippen molar-refractivity contribution < 1.29 is 12.8 Å². The van der Waals surface area contributed by atoms with Gasteiger partial charge in [-0.2, -0.15) is 0 Å². The molecule has 16 heavy (non-hydrogen) atoms.